The first-order chi connectivity index (χ1) is 20.4. The molecule has 3 aliphatic heterocycles. The molecule has 14 heteroatoms. The Morgan fingerprint density at radius 3 is 2.74 bits per heavy atom. The first kappa shape index (κ1) is 29.1. The van der Waals surface area contributed by atoms with Crippen LogP contribution in [0.1, 0.15) is 33.1 Å². The Bertz CT molecular complexity index is 1400. The topological polar surface area (TPSA) is 163 Å². The zero-order valence-electron chi connectivity index (χ0n) is 24.4. The van der Waals surface area contributed by atoms with Gasteiger partial charge in [0.1, 0.15) is 24.3 Å². The van der Waals surface area contributed by atoms with Crippen molar-refractivity contribution in [1.29, 1.82) is 5.26 Å². The second-order valence-corrected chi connectivity index (χ2v) is 12.7. The predicted octanol–water partition coefficient (Wildman–Crippen LogP) is 1.25. The summed E-state index contributed by atoms with van der Waals surface area (Å²) in [5.74, 6) is -2.11. The van der Waals surface area contributed by atoms with E-state index < -0.39 is 71.1 Å². The van der Waals surface area contributed by atoms with Crippen molar-refractivity contribution in [3.8, 4) is 11.8 Å². The molecule has 0 aromatic carbocycles. The van der Waals surface area contributed by atoms with Gasteiger partial charge < -0.3 is 34.6 Å². The van der Waals surface area contributed by atoms with Crippen LogP contribution in [0.25, 0.3) is 0 Å². The molecule has 4 amide bonds. The molecule has 4 heterocycles. The minimum Gasteiger partial charge on any atom is -0.472 e. The Kier molecular flexibility index (Phi) is 6.99. The molecule has 1 aromatic heterocycles. The molecular weight excluding hydrogens is 563 g/mol. The lowest BCUT2D eigenvalue weighted by molar-refractivity contribution is -0.151. The van der Waals surface area contributed by atoms with Crippen molar-refractivity contribution in [1.82, 2.24) is 20.1 Å². The number of nitriles is 1. The zero-order chi connectivity index (χ0) is 30.8. The number of alkyl carbamates (subject to hydrolysis) is 1. The second kappa shape index (κ2) is 10.3. The number of pyridine rings is 1. The fourth-order valence-corrected chi connectivity index (χ4v) is 7.92. The van der Waals surface area contributed by atoms with E-state index in [9.17, 15) is 24.4 Å². The number of anilines is 1. The van der Waals surface area contributed by atoms with Gasteiger partial charge >= 0.3 is 6.09 Å². The first-order valence-corrected chi connectivity index (χ1v) is 14.4. The number of hydrogen-bond donors (Lipinski definition) is 2. The number of amides is 4. The van der Waals surface area contributed by atoms with Gasteiger partial charge in [0, 0.05) is 26.3 Å². The number of nitrogens with zero attached hydrogens (tertiary/aromatic N) is 4. The van der Waals surface area contributed by atoms with E-state index in [1.165, 1.54) is 30.2 Å². The molecule has 5 aliphatic rings. The molecule has 0 radical (unpaired) electrons. The van der Waals surface area contributed by atoms with E-state index in [1.807, 2.05) is 0 Å². The lowest BCUT2D eigenvalue weighted by atomic mass is 9.77. The summed E-state index contributed by atoms with van der Waals surface area (Å²) in [7, 11) is 2.57. The van der Waals surface area contributed by atoms with Crippen LogP contribution >= 0.6 is 0 Å². The van der Waals surface area contributed by atoms with Crippen molar-refractivity contribution in [3.05, 3.63) is 18.3 Å². The van der Waals surface area contributed by atoms with E-state index in [0.717, 1.165) is 0 Å². The van der Waals surface area contributed by atoms with Crippen molar-refractivity contribution in [2.24, 2.45) is 23.7 Å². The number of hydrogen-bond acceptors (Lipinski definition) is 9. The average Bonchev–Trinajstić information content (AvgIpc) is 3.75. The van der Waals surface area contributed by atoms with Crippen molar-refractivity contribution < 1.29 is 37.8 Å². The van der Waals surface area contributed by atoms with Gasteiger partial charge in [0.25, 0.3) is 5.91 Å². The molecule has 2 N–H and O–H groups in total. The van der Waals surface area contributed by atoms with Gasteiger partial charge in [0.05, 0.1) is 25.3 Å². The molecule has 2 bridgehead atoms. The molecule has 13 nitrogen and oxygen atoms in total. The number of likely N-dealkylation sites (tertiary alicyclic amines) is 2. The van der Waals surface area contributed by atoms with Crippen LogP contribution in [-0.4, -0.2) is 101 Å². The summed E-state index contributed by atoms with van der Waals surface area (Å²) in [5, 5.41) is 15.4. The summed E-state index contributed by atoms with van der Waals surface area (Å²) in [6, 6.07) is 2.05. The number of ether oxygens (including phenoxy) is 3. The number of nitrogens with one attached hydrogen (secondary N) is 2. The number of aromatic nitrogens is 1. The first-order valence-electron chi connectivity index (χ1n) is 14.4. The lowest BCUT2D eigenvalue weighted by Gasteiger charge is -2.39. The highest BCUT2D eigenvalue weighted by Gasteiger charge is 2.65. The quantitative estimate of drug-likeness (QED) is 0.508. The van der Waals surface area contributed by atoms with Gasteiger partial charge in [-0.1, -0.05) is 0 Å². The van der Waals surface area contributed by atoms with E-state index in [0.29, 0.717) is 18.6 Å². The highest BCUT2D eigenvalue weighted by molar-refractivity contribution is 6.01. The smallest absolute Gasteiger partial charge is 0.407 e. The van der Waals surface area contributed by atoms with Crippen LogP contribution in [0.4, 0.5) is 15.0 Å². The van der Waals surface area contributed by atoms with E-state index in [-0.39, 0.29) is 37.2 Å². The summed E-state index contributed by atoms with van der Waals surface area (Å²) in [6.07, 6.45) is 0.449. The number of rotatable bonds is 5. The number of carbonyl (C=O) groups is 4. The SMILES string of the molecule is COC(=O)N[C@H](C(=O)N1CC2[C@H]3C[C@@H]([C@@H]2[C@H]1C(=O)N1C[C@@]2(C[C@H]1C#N)Oc1cccnc1NC2=O)[C@H](F)C3)C(C)(C)OC. The summed E-state index contributed by atoms with van der Waals surface area (Å²) >= 11 is 0. The third-order valence-corrected chi connectivity index (χ3v) is 10.2. The molecule has 1 unspecified atom stereocenters. The maximum atomic E-state index is 15.2. The van der Waals surface area contributed by atoms with Crippen LogP contribution < -0.4 is 15.4 Å². The fourth-order valence-electron chi connectivity index (χ4n) is 7.92. The largest absolute Gasteiger partial charge is 0.472 e. The molecule has 2 saturated heterocycles. The van der Waals surface area contributed by atoms with Gasteiger partial charge in [-0.15, -0.1) is 0 Å². The van der Waals surface area contributed by atoms with Crippen molar-refractivity contribution in [2.75, 3.05) is 32.6 Å². The van der Waals surface area contributed by atoms with Gasteiger partial charge in [-0.2, -0.15) is 5.26 Å². The Hall–Kier alpha value is -3.99. The van der Waals surface area contributed by atoms with Crippen LogP contribution in [0, 0.1) is 35.0 Å². The molecular formula is C29H35FN6O7. The number of halogens is 1. The molecule has 43 heavy (non-hydrogen) atoms. The van der Waals surface area contributed by atoms with Gasteiger partial charge in [-0.25, -0.2) is 14.2 Å². The highest BCUT2D eigenvalue weighted by atomic mass is 19.1. The molecule has 9 atom stereocenters. The average molecular weight is 599 g/mol. The summed E-state index contributed by atoms with van der Waals surface area (Å²) in [6.45, 7) is 3.21. The molecule has 1 aromatic rings. The number of alkyl halides is 1. The predicted molar refractivity (Wildman–Crippen MR) is 146 cm³/mol. The van der Waals surface area contributed by atoms with E-state index in [4.69, 9.17) is 14.2 Å². The van der Waals surface area contributed by atoms with E-state index in [2.05, 4.69) is 21.7 Å². The maximum Gasteiger partial charge on any atom is 0.407 e. The van der Waals surface area contributed by atoms with Crippen molar-refractivity contribution in [2.45, 2.75) is 68.6 Å². The third-order valence-electron chi connectivity index (χ3n) is 10.2. The van der Waals surface area contributed by atoms with Crippen LogP contribution in [0.2, 0.25) is 0 Å². The number of carbonyl (C=O) groups excluding carboxylic acids is 4. The third kappa shape index (κ3) is 4.47. The Morgan fingerprint density at radius 2 is 2.05 bits per heavy atom. The fraction of sp³-hybridized carbons (Fsp3) is 0.655. The highest BCUT2D eigenvalue weighted by Crippen LogP contribution is 2.59. The molecule has 2 saturated carbocycles. The summed E-state index contributed by atoms with van der Waals surface area (Å²) in [5.41, 5.74) is -2.73. The minimum atomic E-state index is -1.54. The van der Waals surface area contributed by atoms with Crippen LogP contribution in [0.3, 0.4) is 0 Å². The Morgan fingerprint density at radius 1 is 1.28 bits per heavy atom. The molecule has 230 valence electrons. The zero-order valence-corrected chi connectivity index (χ0v) is 24.4. The molecule has 4 fully saturated rings. The summed E-state index contributed by atoms with van der Waals surface area (Å²) < 4.78 is 31.6. The van der Waals surface area contributed by atoms with Crippen LogP contribution in [0.15, 0.2) is 18.3 Å². The summed E-state index contributed by atoms with van der Waals surface area (Å²) in [4.78, 5) is 61.2. The Balaban J connectivity index is 1.35. The van der Waals surface area contributed by atoms with E-state index in [1.54, 1.807) is 26.0 Å². The minimum absolute atomic E-state index is 0.00805. The van der Waals surface area contributed by atoms with Gasteiger partial charge in [-0.3, -0.25) is 14.4 Å². The number of methoxy groups -OCH3 is 2. The van der Waals surface area contributed by atoms with Crippen molar-refractivity contribution in [3.63, 3.8) is 0 Å². The molecule has 1 spiro atoms. The lowest BCUT2D eigenvalue weighted by Crippen LogP contribution is -2.62. The molecule has 2 aliphatic carbocycles. The number of fused-ring (bicyclic) bond motifs is 6. The van der Waals surface area contributed by atoms with Gasteiger partial charge in [-0.05, 0) is 62.5 Å². The standard InChI is InChI=1S/C29H35FN6O7/c1-28(2,42-4)22(33-27(40)41-3)25(38)35-12-17-14-8-16(18(30)9-14)20(17)21(35)24(37)36-13-29(10-15(36)11-31)26(39)34-23-19(43-29)6-5-7-32-23/h5-7,14-18,20-22H,8-10,12-13H2,1-4H3,(H,33,40)(H,32,34,39)/t14-,15-,16+,17?,18+,20-,21-,22+,29+/m0/s1. The van der Waals surface area contributed by atoms with E-state index >= 15 is 4.39 Å². The van der Waals surface area contributed by atoms with Gasteiger partial charge in [0.2, 0.25) is 17.4 Å². The maximum absolute atomic E-state index is 15.2. The Labute approximate surface area is 248 Å². The normalized spacial score (nSPS) is 34.6. The van der Waals surface area contributed by atoms with Crippen LogP contribution in [0.5, 0.6) is 5.75 Å². The monoisotopic (exact) mass is 598 g/mol. The molecule has 6 rings (SSSR count). The van der Waals surface area contributed by atoms with Crippen LogP contribution in [-0.2, 0) is 23.9 Å². The second-order valence-electron chi connectivity index (χ2n) is 12.7. The van der Waals surface area contributed by atoms with Crippen molar-refractivity contribution >= 4 is 29.6 Å². The van der Waals surface area contributed by atoms with Gasteiger partial charge in [0.15, 0.2) is 11.6 Å².